The Kier molecular flexibility index (Phi) is 4.21. The van der Waals surface area contributed by atoms with Gasteiger partial charge in [0.1, 0.15) is 11.7 Å². The van der Waals surface area contributed by atoms with Gasteiger partial charge >= 0.3 is 6.01 Å². The van der Waals surface area contributed by atoms with Crippen LogP contribution in [0.25, 0.3) is 0 Å². The molecule has 1 spiro atoms. The van der Waals surface area contributed by atoms with Crippen LogP contribution in [-0.2, 0) is 4.74 Å². The molecule has 25 heavy (non-hydrogen) atoms. The van der Waals surface area contributed by atoms with Crippen molar-refractivity contribution in [3.8, 4) is 6.01 Å². The Morgan fingerprint density at radius 1 is 1.36 bits per heavy atom. The van der Waals surface area contributed by atoms with Gasteiger partial charge in [-0.15, -0.1) is 11.3 Å². The third-order valence-electron chi connectivity index (χ3n) is 4.88. The minimum atomic E-state index is -0.283. The first kappa shape index (κ1) is 16.5. The molecule has 0 radical (unpaired) electrons. The SMILES string of the molecule is Cc1cc(C(=O)N2CC3(CC(Oc4ncccn4)CCO3)C2)sc1C. The predicted octanol–water partition coefficient (Wildman–Crippen LogP) is 2.61. The third-order valence-corrected chi connectivity index (χ3v) is 6.02. The van der Waals surface area contributed by atoms with Gasteiger partial charge in [-0.25, -0.2) is 9.97 Å². The number of aromatic nitrogens is 2. The number of hydrogen-bond acceptors (Lipinski definition) is 6. The Labute approximate surface area is 150 Å². The van der Waals surface area contributed by atoms with Crippen LogP contribution < -0.4 is 4.74 Å². The summed E-state index contributed by atoms with van der Waals surface area (Å²) in [5, 5.41) is 0. The number of hydrogen-bond donors (Lipinski definition) is 0. The highest BCUT2D eigenvalue weighted by Crippen LogP contribution is 2.37. The molecule has 1 amide bonds. The molecule has 6 nitrogen and oxygen atoms in total. The molecule has 2 aromatic rings. The highest BCUT2D eigenvalue weighted by Gasteiger charge is 2.50. The molecule has 2 aliphatic heterocycles. The first-order chi connectivity index (χ1) is 12.0. The van der Waals surface area contributed by atoms with Gasteiger partial charge in [0.25, 0.3) is 5.91 Å². The third kappa shape index (κ3) is 3.26. The molecule has 0 saturated carbocycles. The van der Waals surface area contributed by atoms with Crippen LogP contribution >= 0.6 is 11.3 Å². The van der Waals surface area contributed by atoms with Crippen LogP contribution in [0.15, 0.2) is 24.5 Å². The summed E-state index contributed by atoms with van der Waals surface area (Å²) >= 11 is 1.56. The van der Waals surface area contributed by atoms with Gasteiger partial charge in [-0.1, -0.05) is 0 Å². The van der Waals surface area contributed by atoms with Gasteiger partial charge in [0, 0.05) is 30.1 Å². The number of amides is 1. The molecule has 1 atom stereocenters. The standard InChI is InChI=1S/C18H21N3O3S/c1-12-8-15(25-13(12)2)16(22)21-10-18(11-21)9-14(4-7-23-18)24-17-19-5-3-6-20-17/h3,5-6,8,14H,4,7,9-11H2,1-2H3. The summed E-state index contributed by atoms with van der Waals surface area (Å²) in [6.07, 6.45) is 4.95. The Morgan fingerprint density at radius 3 is 2.80 bits per heavy atom. The second kappa shape index (κ2) is 6.38. The maximum Gasteiger partial charge on any atom is 0.316 e. The molecule has 0 aliphatic carbocycles. The number of likely N-dealkylation sites (tertiary alicyclic amines) is 1. The van der Waals surface area contributed by atoms with Crippen LogP contribution in [0.5, 0.6) is 6.01 Å². The van der Waals surface area contributed by atoms with E-state index in [0.29, 0.717) is 25.7 Å². The molecule has 2 saturated heterocycles. The lowest BCUT2D eigenvalue weighted by Crippen LogP contribution is -2.67. The van der Waals surface area contributed by atoms with Crippen LogP contribution in [0.2, 0.25) is 0 Å². The van der Waals surface area contributed by atoms with Crippen molar-refractivity contribution < 1.29 is 14.3 Å². The summed E-state index contributed by atoms with van der Waals surface area (Å²) in [5.41, 5.74) is 0.892. The van der Waals surface area contributed by atoms with E-state index in [1.165, 1.54) is 10.4 Å². The molecule has 4 rings (SSSR count). The molecule has 0 bridgehead atoms. The number of rotatable bonds is 3. The van der Waals surface area contributed by atoms with E-state index < -0.39 is 0 Å². The Hall–Kier alpha value is -1.99. The number of carbonyl (C=O) groups excluding carboxylic acids is 1. The van der Waals surface area contributed by atoms with Crippen LogP contribution in [0.4, 0.5) is 0 Å². The van der Waals surface area contributed by atoms with E-state index in [0.717, 1.165) is 17.7 Å². The van der Waals surface area contributed by atoms with E-state index >= 15 is 0 Å². The first-order valence-electron chi connectivity index (χ1n) is 8.49. The molecule has 1 unspecified atom stereocenters. The fourth-order valence-electron chi connectivity index (χ4n) is 3.43. The number of ether oxygens (including phenoxy) is 2. The fraction of sp³-hybridized carbons (Fsp3) is 0.500. The number of thiophene rings is 1. The smallest absolute Gasteiger partial charge is 0.316 e. The van der Waals surface area contributed by atoms with E-state index in [1.54, 1.807) is 29.8 Å². The van der Waals surface area contributed by atoms with E-state index in [4.69, 9.17) is 9.47 Å². The van der Waals surface area contributed by atoms with Gasteiger partial charge < -0.3 is 14.4 Å². The lowest BCUT2D eigenvalue weighted by molar-refractivity contribution is -0.174. The summed E-state index contributed by atoms with van der Waals surface area (Å²) < 4.78 is 11.9. The Balaban J connectivity index is 1.37. The monoisotopic (exact) mass is 359 g/mol. The van der Waals surface area contributed by atoms with Gasteiger partial charge in [-0.3, -0.25) is 4.79 Å². The zero-order chi connectivity index (χ0) is 17.4. The maximum absolute atomic E-state index is 12.6. The number of nitrogens with zero attached hydrogens (tertiary/aromatic N) is 3. The number of carbonyl (C=O) groups is 1. The zero-order valence-electron chi connectivity index (χ0n) is 14.4. The summed E-state index contributed by atoms with van der Waals surface area (Å²) in [6.45, 7) is 5.97. The first-order valence-corrected chi connectivity index (χ1v) is 9.30. The van der Waals surface area contributed by atoms with Gasteiger partial charge in [0.15, 0.2) is 0 Å². The van der Waals surface area contributed by atoms with Gasteiger partial charge in [0.05, 0.1) is 24.6 Å². The quantitative estimate of drug-likeness (QED) is 0.843. The second-order valence-corrected chi connectivity index (χ2v) is 8.06. The van der Waals surface area contributed by atoms with Crippen molar-refractivity contribution in [1.29, 1.82) is 0 Å². The molecule has 7 heteroatoms. The Bertz CT molecular complexity index is 752. The summed E-state index contributed by atoms with van der Waals surface area (Å²) in [7, 11) is 0. The van der Waals surface area contributed by atoms with Crippen LogP contribution in [0.1, 0.15) is 33.0 Å². The van der Waals surface area contributed by atoms with Gasteiger partial charge in [-0.05, 0) is 31.5 Å². The van der Waals surface area contributed by atoms with Gasteiger partial charge in [0.2, 0.25) is 0 Å². The van der Waals surface area contributed by atoms with Crippen molar-refractivity contribution >= 4 is 17.2 Å². The maximum atomic E-state index is 12.6. The summed E-state index contributed by atoms with van der Waals surface area (Å²) in [6, 6.07) is 4.15. The highest BCUT2D eigenvalue weighted by atomic mass is 32.1. The zero-order valence-corrected chi connectivity index (χ0v) is 15.2. The molecular weight excluding hydrogens is 338 g/mol. The minimum Gasteiger partial charge on any atom is -0.460 e. The minimum absolute atomic E-state index is 0.0274. The van der Waals surface area contributed by atoms with Crippen molar-refractivity contribution in [1.82, 2.24) is 14.9 Å². The van der Waals surface area contributed by atoms with Gasteiger partial charge in [-0.2, -0.15) is 0 Å². The molecule has 0 aromatic carbocycles. The lowest BCUT2D eigenvalue weighted by atomic mass is 9.84. The van der Waals surface area contributed by atoms with E-state index in [1.807, 2.05) is 24.8 Å². The van der Waals surface area contributed by atoms with Crippen molar-refractivity contribution in [2.24, 2.45) is 0 Å². The number of aryl methyl sites for hydroxylation is 2. The van der Waals surface area contributed by atoms with Crippen LogP contribution in [0.3, 0.4) is 0 Å². The molecule has 132 valence electrons. The van der Waals surface area contributed by atoms with Crippen molar-refractivity contribution in [2.75, 3.05) is 19.7 Å². The van der Waals surface area contributed by atoms with E-state index in [-0.39, 0.29) is 17.6 Å². The molecular formula is C18H21N3O3S. The molecule has 4 heterocycles. The molecule has 0 N–H and O–H groups in total. The normalized spacial score (nSPS) is 21.8. The summed E-state index contributed by atoms with van der Waals surface area (Å²) in [4.78, 5) is 24.7. The van der Waals surface area contributed by atoms with Crippen LogP contribution in [0, 0.1) is 13.8 Å². The summed E-state index contributed by atoms with van der Waals surface area (Å²) in [5.74, 6) is 0.102. The van der Waals surface area contributed by atoms with E-state index in [9.17, 15) is 4.79 Å². The topological polar surface area (TPSA) is 64.6 Å². The second-order valence-electron chi connectivity index (χ2n) is 6.81. The molecule has 2 fully saturated rings. The average Bonchev–Trinajstić information content (AvgIpc) is 2.92. The largest absolute Gasteiger partial charge is 0.460 e. The highest BCUT2D eigenvalue weighted by molar-refractivity contribution is 7.14. The fourth-order valence-corrected chi connectivity index (χ4v) is 4.43. The predicted molar refractivity (Wildman–Crippen MR) is 94.1 cm³/mol. The Morgan fingerprint density at radius 2 is 2.12 bits per heavy atom. The van der Waals surface area contributed by atoms with Crippen molar-refractivity contribution in [3.05, 3.63) is 39.8 Å². The van der Waals surface area contributed by atoms with Crippen molar-refractivity contribution in [3.63, 3.8) is 0 Å². The molecule has 2 aromatic heterocycles. The molecule has 2 aliphatic rings. The van der Waals surface area contributed by atoms with E-state index in [2.05, 4.69) is 9.97 Å². The lowest BCUT2D eigenvalue weighted by Gasteiger charge is -2.52. The average molecular weight is 359 g/mol. The van der Waals surface area contributed by atoms with Crippen molar-refractivity contribution in [2.45, 2.75) is 38.4 Å². The van der Waals surface area contributed by atoms with Crippen LogP contribution in [-0.4, -0.2) is 52.2 Å².